The van der Waals surface area contributed by atoms with Crippen LogP contribution in [0, 0.1) is 5.41 Å². The summed E-state index contributed by atoms with van der Waals surface area (Å²) in [4.78, 5) is 15.3. The lowest BCUT2D eigenvalue weighted by Crippen LogP contribution is -2.55. The quantitative estimate of drug-likeness (QED) is 0.781. The number of piperidine rings is 1. The zero-order chi connectivity index (χ0) is 13.9. The normalized spacial score (nSPS) is 31.8. The minimum atomic E-state index is -0.254. The van der Waals surface area contributed by atoms with Gasteiger partial charge in [-0.25, -0.2) is 0 Å². The van der Waals surface area contributed by atoms with E-state index in [1.807, 2.05) is 0 Å². The highest BCUT2D eigenvalue weighted by Crippen LogP contribution is 2.38. The van der Waals surface area contributed by atoms with E-state index >= 15 is 0 Å². The number of nitrogens with zero attached hydrogens (tertiary/aromatic N) is 1. The topological polar surface area (TPSA) is 46.3 Å². The Morgan fingerprint density at radius 3 is 2.05 bits per heavy atom. The number of amides is 1. The van der Waals surface area contributed by atoms with Crippen LogP contribution in [0.1, 0.15) is 71.6 Å². The second-order valence-electron chi connectivity index (χ2n) is 6.74. The highest BCUT2D eigenvalue weighted by molar-refractivity contribution is 5.83. The van der Waals surface area contributed by atoms with Crippen molar-refractivity contribution >= 4 is 5.91 Å². The molecular formula is C16H30N2O. The number of hydrogen-bond acceptors (Lipinski definition) is 2. The van der Waals surface area contributed by atoms with Crippen molar-refractivity contribution < 1.29 is 4.79 Å². The third-order valence-electron chi connectivity index (χ3n) is 5.33. The van der Waals surface area contributed by atoms with E-state index < -0.39 is 0 Å². The molecule has 0 bridgehead atoms. The number of nitrogens with two attached hydrogens (primary N) is 1. The van der Waals surface area contributed by atoms with E-state index in [0.29, 0.717) is 24.5 Å². The van der Waals surface area contributed by atoms with Crippen LogP contribution in [-0.4, -0.2) is 29.4 Å². The van der Waals surface area contributed by atoms with E-state index in [1.54, 1.807) is 0 Å². The highest BCUT2D eigenvalue weighted by Gasteiger charge is 2.43. The van der Waals surface area contributed by atoms with Gasteiger partial charge in [0.05, 0.1) is 5.41 Å². The van der Waals surface area contributed by atoms with Gasteiger partial charge in [-0.3, -0.25) is 4.79 Å². The van der Waals surface area contributed by atoms with E-state index in [-0.39, 0.29) is 5.41 Å². The Labute approximate surface area is 117 Å². The van der Waals surface area contributed by atoms with Crippen molar-refractivity contribution in [3.63, 3.8) is 0 Å². The summed E-state index contributed by atoms with van der Waals surface area (Å²) in [5.74, 6) is 0.358. The first-order valence-electron chi connectivity index (χ1n) is 8.13. The minimum Gasteiger partial charge on any atom is -0.337 e. The fraction of sp³-hybridized carbons (Fsp3) is 0.938. The molecule has 1 saturated carbocycles. The first kappa shape index (κ1) is 14.8. The smallest absolute Gasteiger partial charge is 0.230 e. The zero-order valence-corrected chi connectivity index (χ0v) is 12.7. The molecule has 3 heteroatoms. The monoisotopic (exact) mass is 266 g/mol. The maximum atomic E-state index is 13.1. The molecule has 2 rings (SSSR count). The van der Waals surface area contributed by atoms with Gasteiger partial charge in [-0.05, 0) is 46.0 Å². The van der Waals surface area contributed by atoms with Gasteiger partial charge in [-0.1, -0.05) is 25.7 Å². The van der Waals surface area contributed by atoms with Crippen LogP contribution in [0.3, 0.4) is 0 Å². The molecule has 1 aliphatic carbocycles. The van der Waals surface area contributed by atoms with Crippen molar-refractivity contribution in [2.45, 2.75) is 83.7 Å². The molecule has 0 aromatic heterocycles. The summed E-state index contributed by atoms with van der Waals surface area (Å²) < 4.78 is 0. The van der Waals surface area contributed by atoms with Gasteiger partial charge in [-0.15, -0.1) is 0 Å². The molecule has 2 fully saturated rings. The van der Waals surface area contributed by atoms with Crippen LogP contribution >= 0.6 is 0 Å². The molecule has 2 N–H and O–H groups in total. The fourth-order valence-corrected chi connectivity index (χ4v) is 4.01. The summed E-state index contributed by atoms with van der Waals surface area (Å²) in [6.07, 6.45) is 10.4. The number of rotatable bonds is 2. The Kier molecular flexibility index (Phi) is 4.88. The van der Waals surface area contributed by atoms with Crippen LogP contribution in [0.15, 0.2) is 0 Å². The largest absolute Gasteiger partial charge is 0.337 e. The van der Waals surface area contributed by atoms with E-state index in [9.17, 15) is 4.79 Å². The van der Waals surface area contributed by atoms with Gasteiger partial charge in [0.25, 0.3) is 0 Å². The van der Waals surface area contributed by atoms with Crippen LogP contribution in [0.2, 0.25) is 0 Å². The maximum absolute atomic E-state index is 13.1. The van der Waals surface area contributed by atoms with E-state index in [2.05, 4.69) is 18.7 Å². The van der Waals surface area contributed by atoms with Crippen LogP contribution < -0.4 is 5.73 Å². The third kappa shape index (κ3) is 2.96. The van der Waals surface area contributed by atoms with Crippen molar-refractivity contribution in [1.29, 1.82) is 0 Å². The summed E-state index contributed by atoms with van der Waals surface area (Å²) in [6, 6.07) is 0.783. The van der Waals surface area contributed by atoms with Gasteiger partial charge >= 0.3 is 0 Å². The van der Waals surface area contributed by atoms with Crippen molar-refractivity contribution in [3.8, 4) is 0 Å². The summed E-state index contributed by atoms with van der Waals surface area (Å²) >= 11 is 0. The molecule has 0 aromatic carbocycles. The maximum Gasteiger partial charge on any atom is 0.230 e. The molecule has 2 aliphatic rings. The van der Waals surface area contributed by atoms with Crippen LogP contribution in [0.25, 0.3) is 0 Å². The SMILES string of the molecule is CC1CCCC(C)N1C(=O)C1(CN)CCCCCC1. The summed E-state index contributed by atoms with van der Waals surface area (Å²) in [5.41, 5.74) is 5.81. The molecule has 0 spiro atoms. The molecule has 0 radical (unpaired) electrons. The predicted molar refractivity (Wildman–Crippen MR) is 78.8 cm³/mol. The number of hydrogen-bond donors (Lipinski definition) is 1. The molecule has 1 saturated heterocycles. The van der Waals surface area contributed by atoms with E-state index in [1.165, 1.54) is 32.1 Å². The van der Waals surface area contributed by atoms with Gasteiger partial charge in [0, 0.05) is 18.6 Å². The average molecular weight is 266 g/mol. The predicted octanol–water partition coefficient (Wildman–Crippen LogP) is 3.08. The molecule has 1 heterocycles. The number of carbonyl (C=O) groups is 1. The Morgan fingerprint density at radius 1 is 1.05 bits per heavy atom. The minimum absolute atomic E-state index is 0.254. The molecule has 3 nitrogen and oxygen atoms in total. The van der Waals surface area contributed by atoms with Crippen molar-refractivity contribution in [2.24, 2.45) is 11.1 Å². The van der Waals surface area contributed by atoms with Crippen molar-refractivity contribution in [1.82, 2.24) is 4.90 Å². The van der Waals surface area contributed by atoms with E-state index in [0.717, 1.165) is 25.7 Å². The summed E-state index contributed by atoms with van der Waals surface area (Å²) in [6.45, 7) is 4.94. The van der Waals surface area contributed by atoms with Crippen molar-refractivity contribution in [2.75, 3.05) is 6.54 Å². The number of likely N-dealkylation sites (tertiary alicyclic amines) is 1. The first-order valence-corrected chi connectivity index (χ1v) is 8.13. The zero-order valence-electron chi connectivity index (χ0n) is 12.7. The summed E-state index contributed by atoms with van der Waals surface area (Å²) in [5, 5.41) is 0. The molecule has 1 amide bonds. The number of carbonyl (C=O) groups excluding carboxylic acids is 1. The highest BCUT2D eigenvalue weighted by atomic mass is 16.2. The Balaban J connectivity index is 2.18. The molecule has 2 atom stereocenters. The van der Waals surface area contributed by atoms with Crippen LogP contribution in [-0.2, 0) is 4.79 Å². The van der Waals surface area contributed by atoms with E-state index in [4.69, 9.17) is 5.73 Å². The first-order chi connectivity index (χ1) is 9.10. The molecule has 19 heavy (non-hydrogen) atoms. The second kappa shape index (κ2) is 6.25. The standard InChI is InChI=1S/C16H30N2O/c1-13-8-7-9-14(2)18(13)15(19)16(12-17)10-5-3-4-6-11-16/h13-14H,3-12,17H2,1-2H3. The lowest BCUT2D eigenvalue weighted by molar-refractivity contribution is -0.149. The fourth-order valence-electron chi connectivity index (χ4n) is 4.01. The molecule has 0 aromatic rings. The lowest BCUT2D eigenvalue weighted by atomic mass is 9.77. The third-order valence-corrected chi connectivity index (χ3v) is 5.33. The lowest BCUT2D eigenvalue weighted by Gasteiger charge is -2.45. The Bertz CT molecular complexity index is 298. The molecular weight excluding hydrogens is 236 g/mol. The molecule has 110 valence electrons. The average Bonchev–Trinajstić information content (AvgIpc) is 2.64. The van der Waals surface area contributed by atoms with Gasteiger partial charge < -0.3 is 10.6 Å². The Hall–Kier alpha value is -0.570. The van der Waals surface area contributed by atoms with Gasteiger partial charge in [0.2, 0.25) is 5.91 Å². The molecule has 2 unspecified atom stereocenters. The van der Waals surface area contributed by atoms with Gasteiger partial charge in [-0.2, -0.15) is 0 Å². The van der Waals surface area contributed by atoms with Crippen LogP contribution in [0.4, 0.5) is 0 Å². The van der Waals surface area contributed by atoms with Crippen molar-refractivity contribution in [3.05, 3.63) is 0 Å². The molecule has 1 aliphatic heterocycles. The Morgan fingerprint density at radius 2 is 1.58 bits per heavy atom. The van der Waals surface area contributed by atoms with Gasteiger partial charge in [0.15, 0.2) is 0 Å². The van der Waals surface area contributed by atoms with Crippen LogP contribution in [0.5, 0.6) is 0 Å². The summed E-state index contributed by atoms with van der Waals surface area (Å²) in [7, 11) is 0. The van der Waals surface area contributed by atoms with Gasteiger partial charge in [0.1, 0.15) is 0 Å². The second-order valence-corrected chi connectivity index (χ2v) is 6.74.